The SMILES string of the molecule is CC(=O)OCC(=O)Cl.CC1(C)NC(=O)C1(C)C.CC1(C)NC(=O)C1O.CN1C(=O)C(C)(C)C1(C)C.COc1ccc(N2C(=O)C(O)C2(C)C)cc1.COc1ccc(N=C(C)C)cc1.[Ac].[Ac]. The molecule has 2 unspecified atom stereocenters. The molecule has 2 aromatic carbocycles. The molecular weight excluding hydrogens is 1290 g/mol. The molecule has 0 aliphatic carbocycles. The van der Waals surface area contributed by atoms with Crippen molar-refractivity contribution in [2.24, 2.45) is 15.8 Å². The summed E-state index contributed by atoms with van der Waals surface area (Å²) in [7, 11) is 5.11. The minimum absolute atomic E-state index is 0. The Morgan fingerprint density at radius 3 is 1.37 bits per heavy atom. The van der Waals surface area contributed by atoms with Crippen LogP contribution in [0.4, 0.5) is 11.4 Å². The third-order valence-corrected chi connectivity index (χ3v) is 12.1. The Morgan fingerprint density at radius 1 is 0.723 bits per heavy atom. The summed E-state index contributed by atoms with van der Waals surface area (Å²) in [5.41, 5.74) is 1.56. The first-order valence-corrected chi connectivity index (χ1v) is 20.7. The molecule has 4 fully saturated rings. The quantitative estimate of drug-likeness (QED) is 0.119. The maximum absolute atomic E-state index is 11.6. The zero-order chi connectivity index (χ0) is 49.3. The number of ether oxygens (including phenoxy) is 3. The van der Waals surface area contributed by atoms with Gasteiger partial charge in [-0.2, -0.15) is 0 Å². The summed E-state index contributed by atoms with van der Waals surface area (Å²) in [6, 6.07) is 14.9. The van der Waals surface area contributed by atoms with Gasteiger partial charge in [0.1, 0.15) is 11.5 Å². The van der Waals surface area contributed by atoms with Gasteiger partial charge in [-0.25, -0.2) is 0 Å². The molecule has 0 bridgehead atoms. The molecule has 0 spiro atoms. The summed E-state index contributed by atoms with van der Waals surface area (Å²) < 4.78 is 14.3. The van der Waals surface area contributed by atoms with E-state index in [2.05, 4.69) is 34.2 Å². The number of hydrogen-bond donors (Lipinski definition) is 4. The molecule has 6 rings (SSSR count). The van der Waals surface area contributed by atoms with Crippen LogP contribution in [-0.2, 0) is 33.5 Å². The van der Waals surface area contributed by atoms with Crippen LogP contribution in [0.2, 0.25) is 0 Å². The number of benzene rings is 2. The third-order valence-electron chi connectivity index (χ3n) is 12.0. The summed E-state index contributed by atoms with van der Waals surface area (Å²) in [6.07, 6.45) is -1.71. The van der Waals surface area contributed by atoms with Crippen molar-refractivity contribution in [2.75, 3.05) is 32.8 Å². The van der Waals surface area contributed by atoms with Gasteiger partial charge in [-0.1, -0.05) is 0 Å². The average molecular weight is 1360 g/mol. The summed E-state index contributed by atoms with van der Waals surface area (Å²) in [5.74, 6) is 0.993. The second kappa shape index (κ2) is 26.0. The monoisotopic (exact) mass is 1360 g/mol. The predicted octanol–water partition coefficient (Wildman–Crippen LogP) is 5.74. The van der Waals surface area contributed by atoms with E-state index in [0.717, 1.165) is 28.6 Å². The van der Waals surface area contributed by atoms with E-state index >= 15 is 0 Å². The van der Waals surface area contributed by atoms with Crippen molar-refractivity contribution in [3.8, 4) is 11.5 Å². The van der Waals surface area contributed by atoms with Gasteiger partial charge in [0, 0.05) is 119 Å². The third kappa shape index (κ3) is 16.8. The van der Waals surface area contributed by atoms with E-state index in [4.69, 9.17) is 26.2 Å². The number of aliphatic imine (C=N–C) groups is 1. The number of rotatable bonds is 6. The summed E-state index contributed by atoms with van der Waals surface area (Å²) in [5, 5.41) is 23.1. The first kappa shape index (κ1) is 64.9. The smallest absolute Gasteiger partial charge is 0.303 e. The van der Waals surface area contributed by atoms with Crippen molar-refractivity contribution in [1.82, 2.24) is 15.5 Å². The first-order valence-electron chi connectivity index (χ1n) is 20.3. The van der Waals surface area contributed by atoms with E-state index in [1.54, 1.807) is 50.0 Å². The molecule has 16 nitrogen and oxygen atoms in total. The fourth-order valence-corrected chi connectivity index (χ4v) is 5.91. The van der Waals surface area contributed by atoms with E-state index in [0.29, 0.717) is 0 Å². The molecule has 4 aliphatic rings. The van der Waals surface area contributed by atoms with Crippen molar-refractivity contribution in [3.05, 3.63) is 48.5 Å². The van der Waals surface area contributed by atoms with Crippen molar-refractivity contribution in [2.45, 2.75) is 138 Å². The number of β-lactam (4-membered cyclic amide) rings is 4. The molecule has 4 N–H and O–H groups in total. The number of hydrogen-bond acceptors (Lipinski definition) is 12. The molecule has 2 aromatic rings. The summed E-state index contributed by atoms with van der Waals surface area (Å²) >= 11 is 4.81. The van der Waals surface area contributed by atoms with Crippen LogP contribution in [0.5, 0.6) is 11.5 Å². The van der Waals surface area contributed by atoms with Gasteiger partial charge in [-0.15, -0.1) is 0 Å². The first-order chi connectivity index (χ1) is 28.6. The number of carbonyl (C=O) groups is 6. The fraction of sp³-hybridized carbons (Fsp3) is 0.587. The van der Waals surface area contributed by atoms with Gasteiger partial charge in [0.2, 0.25) is 11.8 Å². The van der Waals surface area contributed by atoms with Gasteiger partial charge in [0.15, 0.2) is 18.8 Å². The number of amides is 4. The van der Waals surface area contributed by atoms with Gasteiger partial charge in [-0.05, 0) is 157 Å². The molecule has 19 heteroatoms. The van der Waals surface area contributed by atoms with E-state index in [-0.39, 0.29) is 140 Å². The van der Waals surface area contributed by atoms with Crippen LogP contribution in [0.25, 0.3) is 0 Å². The molecule has 65 heavy (non-hydrogen) atoms. The van der Waals surface area contributed by atoms with E-state index in [1.807, 2.05) is 113 Å². The second-order valence-corrected chi connectivity index (χ2v) is 19.1. The number of nitrogens with zero attached hydrogens (tertiary/aromatic N) is 3. The number of esters is 1. The summed E-state index contributed by atoms with van der Waals surface area (Å²) in [6.45, 7) is 28.2. The zero-order valence-electron chi connectivity index (χ0n) is 41.4. The topological polar surface area (TPSA) is 213 Å². The Labute approximate surface area is 462 Å². The number of nitrogens with one attached hydrogen (secondary N) is 2. The molecule has 358 valence electrons. The van der Waals surface area contributed by atoms with Crippen LogP contribution >= 0.6 is 11.6 Å². The van der Waals surface area contributed by atoms with Gasteiger partial charge in [-0.3, -0.25) is 33.8 Å². The maximum Gasteiger partial charge on any atom is 0.303 e. The van der Waals surface area contributed by atoms with E-state index in [9.17, 15) is 33.9 Å². The van der Waals surface area contributed by atoms with Crippen LogP contribution in [0.3, 0.4) is 0 Å². The van der Waals surface area contributed by atoms with Gasteiger partial charge >= 0.3 is 5.97 Å². The Morgan fingerprint density at radius 2 is 1.17 bits per heavy atom. The molecule has 4 saturated heterocycles. The maximum atomic E-state index is 11.6. The molecular formula is C46H70Ac2ClN5O11. The molecule has 4 aliphatic heterocycles. The number of aliphatic hydroxyl groups excluding tert-OH is 2. The van der Waals surface area contributed by atoms with E-state index in [1.165, 1.54) is 6.92 Å². The molecule has 4 amide bonds. The van der Waals surface area contributed by atoms with Crippen molar-refractivity contribution >= 4 is 63.5 Å². The zero-order valence-corrected chi connectivity index (χ0v) is 51.7. The Kier molecular flexibility index (Phi) is 25.9. The standard InChI is InChI=1S/C12H15NO3.C10H13NO.C8H15NO.C7H13NO.C5H9NO2.C4H5ClO3.2Ac/c1-12(2)10(14)11(15)13(12)8-4-6-9(16-3)7-5-8;1-8(2)11-9-4-6-10(12-3)7-5-9;1-7(2)6(10)9(5)8(7,3)4;1-6(2)5(9)8-7(6,3)4;1-5(2)3(7)4(8)6-5;1-3(6)8-2-4(5)7;;/h4-7,10,14H,1-3H3;4-7H,1-3H3;1-5H3;1-4H3,(H,8,9);3,7H,1-2H3,(H,6,8);2H2,1H3;;. The van der Waals surface area contributed by atoms with Gasteiger partial charge in [0.25, 0.3) is 17.1 Å². The van der Waals surface area contributed by atoms with Crippen LogP contribution in [0, 0.1) is 99.0 Å². The number of carbonyl (C=O) groups excluding carboxylic acids is 6. The number of anilines is 1. The molecule has 0 saturated carbocycles. The molecule has 2 atom stereocenters. The normalized spacial score (nSPS) is 20.8. The Hall–Kier alpha value is -2.18. The minimum Gasteiger partial charge on any atom is -0.497 e. The van der Waals surface area contributed by atoms with Crippen molar-refractivity contribution < 1.29 is 141 Å². The Balaban J connectivity index is 0. The van der Waals surface area contributed by atoms with Gasteiger partial charge in [0.05, 0.1) is 47.4 Å². The van der Waals surface area contributed by atoms with Crippen molar-refractivity contribution in [3.63, 3.8) is 0 Å². The van der Waals surface area contributed by atoms with Crippen LogP contribution in [-0.4, -0.2) is 118 Å². The number of likely N-dealkylation sites (tertiary alicyclic amines) is 1. The molecule has 4 heterocycles. The van der Waals surface area contributed by atoms with Crippen LogP contribution in [0.15, 0.2) is 53.5 Å². The number of halogens is 1. The van der Waals surface area contributed by atoms with Crippen LogP contribution < -0.4 is 25.0 Å². The predicted molar refractivity (Wildman–Crippen MR) is 244 cm³/mol. The molecule has 0 aromatic heterocycles. The largest absolute Gasteiger partial charge is 0.497 e. The van der Waals surface area contributed by atoms with Gasteiger partial charge < -0.3 is 44.9 Å². The number of aliphatic hydroxyl groups is 2. The van der Waals surface area contributed by atoms with Crippen LogP contribution in [0.1, 0.15) is 104 Å². The average Bonchev–Trinajstić information content (AvgIpc) is 3.20. The molecule has 2 radical (unpaired) electrons. The fourth-order valence-electron chi connectivity index (χ4n) is 5.85. The van der Waals surface area contributed by atoms with Crippen molar-refractivity contribution in [1.29, 1.82) is 0 Å². The Bertz CT molecular complexity index is 1970. The number of methoxy groups -OCH3 is 2. The van der Waals surface area contributed by atoms with E-state index < -0.39 is 34.5 Å². The summed E-state index contributed by atoms with van der Waals surface area (Å²) in [4.78, 5) is 71.4. The second-order valence-electron chi connectivity index (χ2n) is 18.7. The minimum atomic E-state index is -0.908.